The van der Waals surface area contributed by atoms with Gasteiger partial charge in [-0.05, 0) is 64.2 Å². The van der Waals surface area contributed by atoms with Gasteiger partial charge in [-0.2, -0.15) is 0 Å². The molecule has 3 rings (SSSR count). The fourth-order valence-electron chi connectivity index (χ4n) is 3.92. The highest BCUT2D eigenvalue weighted by atomic mass is 16.1. The van der Waals surface area contributed by atoms with Crippen molar-refractivity contribution in [1.29, 1.82) is 0 Å². The number of nitrogens with one attached hydrogen (secondary N) is 2. The molecule has 18 heavy (non-hydrogen) atoms. The van der Waals surface area contributed by atoms with E-state index in [9.17, 15) is 4.79 Å². The molecule has 1 amide bonds. The van der Waals surface area contributed by atoms with E-state index in [1.807, 2.05) is 0 Å². The normalized spacial score (nSPS) is 35.6. The predicted octanol–water partition coefficient (Wildman–Crippen LogP) is 2.21. The SMILES string of the molecule is CC(C)(NC(=O)CC1CC2CCC(C1)N2)C1CC1. The van der Waals surface area contributed by atoms with Crippen LogP contribution in [0.25, 0.3) is 0 Å². The van der Waals surface area contributed by atoms with Crippen LogP contribution in [0.1, 0.15) is 58.8 Å². The van der Waals surface area contributed by atoms with Crippen molar-refractivity contribution in [2.24, 2.45) is 11.8 Å². The van der Waals surface area contributed by atoms with Crippen LogP contribution in [0.4, 0.5) is 0 Å². The van der Waals surface area contributed by atoms with E-state index in [1.54, 1.807) is 0 Å². The van der Waals surface area contributed by atoms with Crippen molar-refractivity contribution in [3.8, 4) is 0 Å². The lowest BCUT2D eigenvalue weighted by Crippen LogP contribution is -2.46. The van der Waals surface area contributed by atoms with Gasteiger partial charge in [0.05, 0.1) is 0 Å². The van der Waals surface area contributed by atoms with Crippen molar-refractivity contribution in [2.75, 3.05) is 0 Å². The van der Waals surface area contributed by atoms with Gasteiger partial charge in [0.25, 0.3) is 0 Å². The topological polar surface area (TPSA) is 41.1 Å². The van der Waals surface area contributed by atoms with Crippen LogP contribution in [-0.2, 0) is 4.79 Å². The van der Waals surface area contributed by atoms with Crippen molar-refractivity contribution >= 4 is 5.91 Å². The fourth-order valence-corrected chi connectivity index (χ4v) is 3.92. The monoisotopic (exact) mass is 250 g/mol. The number of hydrogen-bond donors (Lipinski definition) is 2. The molecular weight excluding hydrogens is 224 g/mol. The number of rotatable bonds is 4. The van der Waals surface area contributed by atoms with E-state index < -0.39 is 0 Å². The van der Waals surface area contributed by atoms with Crippen molar-refractivity contribution in [3.63, 3.8) is 0 Å². The molecule has 3 heteroatoms. The molecule has 2 saturated heterocycles. The van der Waals surface area contributed by atoms with Crippen LogP contribution in [0.3, 0.4) is 0 Å². The third-order valence-electron chi connectivity index (χ3n) is 5.10. The number of piperidine rings is 1. The van der Waals surface area contributed by atoms with Gasteiger partial charge in [-0.25, -0.2) is 0 Å². The van der Waals surface area contributed by atoms with E-state index in [0.29, 0.717) is 23.9 Å². The average Bonchev–Trinajstić information content (AvgIpc) is 3.05. The summed E-state index contributed by atoms with van der Waals surface area (Å²) in [5.74, 6) is 1.60. The number of amides is 1. The van der Waals surface area contributed by atoms with Gasteiger partial charge in [-0.15, -0.1) is 0 Å². The zero-order valence-electron chi connectivity index (χ0n) is 11.7. The molecule has 2 unspecified atom stereocenters. The summed E-state index contributed by atoms with van der Waals surface area (Å²) in [6, 6.07) is 1.39. The standard InChI is InChI=1S/C15H26N2O/c1-15(2,11-3-4-11)17-14(18)9-10-7-12-5-6-13(8-10)16-12/h10-13,16H,3-9H2,1-2H3,(H,17,18). The quantitative estimate of drug-likeness (QED) is 0.803. The zero-order chi connectivity index (χ0) is 12.8. The van der Waals surface area contributed by atoms with Gasteiger partial charge in [0.1, 0.15) is 0 Å². The van der Waals surface area contributed by atoms with Crippen molar-refractivity contribution in [2.45, 2.75) is 76.4 Å². The van der Waals surface area contributed by atoms with Crippen LogP contribution in [0.15, 0.2) is 0 Å². The van der Waals surface area contributed by atoms with Crippen LogP contribution >= 0.6 is 0 Å². The summed E-state index contributed by atoms with van der Waals surface area (Å²) >= 11 is 0. The Balaban J connectivity index is 1.49. The molecule has 0 aromatic heterocycles. The van der Waals surface area contributed by atoms with E-state index >= 15 is 0 Å². The van der Waals surface area contributed by atoms with E-state index in [0.717, 1.165) is 6.42 Å². The van der Waals surface area contributed by atoms with Gasteiger partial charge in [0.15, 0.2) is 0 Å². The first-order chi connectivity index (χ1) is 8.53. The minimum Gasteiger partial charge on any atom is -0.351 e. The van der Waals surface area contributed by atoms with Crippen molar-refractivity contribution in [1.82, 2.24) is 10.6 Å². The lowest BCUT2D eigenvalue weighted by Gasteiger charge is -2.31. The summed E-state index contributed by atoms with van der Waals surface area (Å²) in [6.07, 6.45) is 8.34. The van der Waals surface area contributed by atoms with Gasteiger partial charge in [-0.3, -0.25) is 4.79 Å². The molecular formula is C15H26N2O. The minimum atomic E-state index is 0.0168. The molecule has 2 bridgehead atoms. The molecule has 102 valence electrons. The molecule has 2 heterocycles. The Morgan fingerprint density at radius 1 is 1.17 bits per heavy atom. The Morgan fingerprint density at radius 2 is 1.78 bits per heavy atom. The van der Waals surface area contributed by atoms with Crippen molar-refractivity contribution < 1.29 is 4.79 Å². The highest BCUT2D eigenvalue weighted by Gasteiger charge is 2.39. The van der Waals surface area contributed by atoms with Gasteiger partial charge < -0.3 is 10.6 Å². The Bertz CT molecular complexity index is 323. The molecule has 3 nitrogen and oxygen atoms in total. The minimum absolute atomic E-state index is 0.0168. The first-order valence-corrected chi connectivity index (χ1v) is 7.60. The summed E-state index contributed by atoms with van der Waals surface area (Å²) in [5.41, 5.74) is 0.0168. The molecule has 2 atom stereocenters. The molecule has 2 aliphatic heterocycles. The fraction of sp³-hybridized carbons (Fsp3) is 0.933. The van der Waals surface area contributed by atoms with Crippen LogP contribution in [-0.4, -0.2) is 23.5 Å². The molecule has 3 aliphatic rings. The van der Waals surface area contributed by atoms with E-state index in [4.69, 9.17) is 0 Å². The molecule has 0 radical (unpaired) electrons. The van der Waals surface area contributed by atoms with E-state index in [1.165, 1.54) is 38.5 Å². The third kappa shape index (κ3) is 2.71. The molecule has 1 aliphatic carbocycles. The lowest BCUT2D eigenvalue weighted by atomic mass is 9.89. The second kappa shape index (κ2) is 4.52. The van der Waals surface area contributed by atoms with Gasteiger partial charge in [-0.1, -0.05) is 0 Å². The largest absolute Gasteiger partial charge is 0.351 e. The zero-order valence-corrected chi connectivity index (χ0v) is 11.7. The van der Waals surface area contributed by atoms with Crippen molar-refractivity contribution in [3.05, 3.63) is 0 Å². The number of carbonyl (C=O) groups excluding carboxylic acids is 1. The second-order valence-electron chi connectivity index (χ2n) is 7.22. The molecule has 2 N–H and O–H groups in total. The second-order valence-corrected chi connectivity index (χ2v) is 7.22. The van der Waals surface area contributed by atoms with E-state index in [2.05, 4.69) is 24.5 Å². The predicted molar refractivity (Wildman–Crippen MR) is 72.2 cm³/mol. The van der Waals surface area contributed by atoms with Crippen LogP contribution in [0.2, 0.25) is 0 Å². The summed E-state index contributed by atoms with van der Waals surface area (Å²) in [5, 5.41) is 6.89. The maximum Gasteiger partial charge on any atom is 0.220 e. The summed E-state index contributed by atoms with van der Waals surface area (Å²) < 4.78 is 0. The Labute approximate surface area is 110 Å². The maximum atomic E-state index is 12.2. The summed E-state index contributed by atoms with van der Waals surface area (Å²) in [4.78, 5) is 12.2. The van der Waals surface area contributed by atoms with Crippen LogP contribution in [0, 0.1) is 11.8 Å². The third-order valence-corrected chi connectivity index (χ3v) is 5.10. The first-order valence-electron chi connectivity index (χ1n) is 7.60. The van der Waals surface area contributed by atoms with Gasteiger partial charge in [0, 0.05) is 24.0 Å². The number of carbonyl (C=O) groups is 1. The lowest BCUT2D eigenvalue weighted by molar-refractivity contribution is -0.124. The molecule has 3 fully saturated rings. The number of fused-ring (bicyclic) bond motifs is 2. The summed E-state index contributed by atoms with van der Waals surface area (Å²) in [7, 11) is 0. The number of hydrogen-bond acceptors (Lipinski definition) is 2. The molecule has 0 spiro atoms. The van der Waals surface area contributed by atoms with Gasteiger partial charge >= 0.3 is 0 Å². The van der Waals surface area contributed by atoms with Crippen LogP contribution < -0.4 is 10.6 Å². The van der Waals surface area contributed by atoms with Gasteiger partial charge in [0.2, 0.25) is 5.91 Å². The highest BCUT2D eigenvalue weighted by molar-refractivity contribution is 5.77. The first kappa shape index (κ1) is 12.5. The molecule has 1 saturated carbocycles. The van der Waals surface area contributed by atoms with Crippen LogP contribution in [0.5, 0.6) is 0 Å². The Hall–Kier alpha value is -0.570. The molecule has 0 aromatic carbocycles. The Kier molecular flexibility index (Phi) is 3.13. The smallest absolute Gasteiger partial charge is 0.220 e. The highest BCUT2D eigenvalue weighted by Crippen LogP contribution is 2.39. The van der Waals surface area contributed by atoms with E-state index in [-0.39, 0.29) is 11.4 Å². The Morgan fingerprint density at radius 3 is 2.33 bits per heavy atom. The maximum absolute atomic E-state index is 12.2. The summed E-state index contributed by atoms with van der Waals surface area (Å²) in [6.45, 7) is 4.35. The average molecular weight is 250 g/mol. The molecule has 0 aromatic rings.